The molecule has 64 valence electrons. The molecule has 1 fully saturated rings. The van der Waals surface area contributed by atoms with Gasteiger partial charge in [0.1, 0.15) is 6.04 Å². The maximum absolute atomic E-state index is 10.6. The number of rotatable bonds is 2. The molecule has 1 aliphatic heterocycles. The van der Waals surface area contributed by atoms with E-state index in [2.05, 4.69) is 0 Å². The highest BCUT2D eigenvalue weighted by molar-refractivity contribution is 5.73. The normalized spacial score (nSPS) is 26.8. The molecule has 0 aliphatic carbocycles. The number of carboxylic acid groups (broad SMARTS) is 1. The van der Waals surface area contributed by atoms with Crippen molar-refractivity contribution in [2.75, 3.05) is 13.7 Å². The largest absolute Gasteiger partial charge is 0.480 e. The van der Waals surface area contributed by atoms with Crippen LogP contribution in [0.15, 0.2) is 0 Å². The topological polar surface area (TPSA) is 49.8 Å². The van der Waals surface area contributed by atoms with Gasteiger partial charge < -0.3 is 9.94 Å². The summed E-state index contributed by atoms with van der Waals surface area (Å²) in [5, 5.41) is 10.3. The van der Waals surface area contributed by atoms with Gasteiger partial charge in [0.25, 0.3) is 0 Å². The molecule has 0 aromatic heterocycles. The van der Waals surface area contributed by atoms with Gasteiger partial charge >= 0.3 is 5.97 Å². The first-order valence-corrected chi connectivity index (χ1v) is 3.79. The lowest BCUT2D eigenvalue weighted by Gasteiger charge is -2.30. The second-order valence-electron chi connectivity index (χ2n) is 2.67. The lowest BCUT2D eigenvalue weighted by Crippen LogP contribution is -2.43. The number of carbonyl (C=O) groups is 1. The first-order valence-electron chi connectivity index (χ1n) is 3.79. The SMILES string of the molecule is CON1CCCCC1C(=O)O. The lowest BCUT2D eigenvalue weighted by molar-refractivity contribution is -0.192. The van der Waals surface area contributed by atoms with Crippen LogP contribution in [-0.2, 0) is 9.63 Å². The van der Waals surface area contributed by atoms with Crippen LogP contribution in [-0.4, -0.2) is 35.8 Å². The van der Waals surface area contributed by atoms with Gasteiger partial charge in [0.2, 0.25) is 0 Å². The lowest BCUT2D eigenvalue weighted by atomic mass is 10.1. The number of hydrogen-bond acceptors (Lipinski definition) is 3. The summed E-state index contributed by atoms with van der Waals surface area (Å²) in [4.78, 5) is 15.5. The van der Waals surface area contributed by atoms with Crippen molar-refractivity contribution in [1.82, 2.24) is 5.06 Å². The molecule has 1 heterocycles. The average molecular weight is 159 g/mol. The van der Waals surface area contributed by atoms with E-state index in [4.69, 9.17) is 9.94 Å². The zero-order valence-electron chi connectivity index (χ0n) is 6.62. The predicted octanol–water partition coefficient (Wildman–Crippen LogP) is 0.487. The second kappa shape index (κ2) is 3.69. The average Bonchev–Trinajstić information content (AvgIpc) is 2.04. The summed E-state index contributed by atoms with van der Waals surface area (Å²) in [5.74, 6) is -0.786. The van der Waals surface area contributed by atoms with E-state index in [1.165, 1.54) is 12.2 Å². The van der Waals surface area contributed by atoms with E-state index in [0.717, 1.165) is 19.4 Å². The van der Waals surface area contributed by atoms with Gasteiger partial charge in [-0.25, -0.2) is 0 Å². The van der Waals surface area contributed by atoms with Crippen LogP contribution in [0.25, 0.3) is 0 Å². The Balaban J connectivity index is 2.51. The number of carboxylic acids is 1. The number of aliphatic carboxylic acids is 1. The predicted molar refractivity (Wildman–Crippen MR) is 39.0 cm³/mol. The third-order valence-electron chi connectivity index (χ3n) is 1.97. The Kier molecular flexibility index (Phi) is 2.84. The van der Waals surface area contributed by atoms with Crippen molar-refractivity contribution in [3.8, 4) is 0 Å². The summed E-state index contributed by atoms with van der Waals surface area (Å²) in [5.41, 5.74) is 0. The van der Waals surface area contributed by atoms with E-state index in [1.807, 2.05) is 0 Å². The molecule has 1 saturated heterocycles. The molecule has 4 nitrogen and oxygen atoms in total. The molecule has 0 saturated carbocycles. The Morgan fingerprint density at radius 2 is 2.36 bits per heavy atom. The third-order valence-corrected chi connectivity index (χ3v) is 1.97. The van der Waals surface area contributed by atoms with Gasteiger partial charge in [0.15, 0.2) is 0 Å². The molecule has 0 radical (unpaired) electrons. The van der Waals surface area contributed by atoms with E-state index in [0.29, 0.717) is 6.42 Å². The van der Waals surface area contributed by atoms with Crippen molar-refractivity contribution < 1.29 is 14.7 Å². The van der Waals surface area contributed by atoms with Crippen molar-refractivity contribution in [1.29, 1.82) is 0 Å². The first-order chi connectivity index (χ1) is 5.25. The van der Waals surface area contributed by atoms with Crippen LogP contribution in [0.1, 0.15) is 19.3 Å². The van der Waals surface area contributed by atoms with Crippen molar-refractivity contribution in [3.63, 3.8) is 0 Å². The van der Waals surface area contributed by atoms with Crippen LogP contribution in [0.5, 0.6) is 0 Å². The highest BCUT2D eigenvalue weighted by Crippen LogP contribution is 2.16. The second-order valence-corrected chi connectivity index (χ2v) is 2.67. The minimum atomic E-state index is -0.786. The minimum absolute atomic E-state index is 0.436. The van der Waals surface area contributed by atoms with Crippen LogP contribution in [0, 0.1) is 0 Å². The maximum atomic E-state index is 10.6. The van der Waals surface area contributed by atoms with Crippen LogP contribution < -0.4 is 0 Å². The Morgan fingerprint density at radius 3 is 2.82 bits per heavy atom. The molecular formula is C7H13NO3. The molecule has 0 spiro atoms. The van der Waals surface area contributed by atoms with Gasteiger partial charge in [-0.2, -0.15) is 5.06 Å². The summed E-state index contributed by atoms with van der Waals surface area (Å²) in [6.07, 6.45) is 2.71. The summed E-state index contributed by atoms with van der Waals surface area (Å²) in [6.45, 7) is 0.730. The van der Waals surface area contributed by atoms with E-state index in [1.54, 1.807) is 0 Å². The van der Waals surface area contributed by atoms with Crippen LogP contribution >= 0.6 is 0 Å². The van der Waals surface area contributed by atoms with E-state index in [9.17, 15) is 4.79 Å². The summed E-state index contributed by atoms with van der Waals surface area (Å²) >= 11 is 0. The summed E-state index contributed by atoms with van der Waals surface area (Å²) in [6, 6.07) is -0.436. The van der Waals surface area contributed by atoms with Crippen LogP contribution in [0.4, 0.5) is 0 Å². The highest BCUT2D eigenvalue weighted by atomic mass is 16.7. The first kappa shape index (κ1) is 8.49. The van der Waals surface area contributed by atoms with Crippen molar-refractivity contribution >= 4 is 5.97 Å². The smallest absolute Gasteiger partial charge is 0.323 e. The fourth-order valence-electron chi connectivity index (χ4n) is 1.37. The van der Waals surface area contributed by atoms with E-state index >= 15 is 0 Å². The Labute approximate surface area is 65.7 Å². The fourth-order valence-corrected chi connectivity index (χ4v) is 1.37. The Hall–Kier alpha value is -0.610. The van der Waals surface area contributed by atoms with Crippen LogP contribution in [0.3, 0.4) is 0 Å². The fraction of sp³-hybridized carbons (Fsp3) is 0.857. The molecule has 0 bridgehead atoms. The minimum Gasteiger partial charge on any atom is -0.480 e. The van der Waals surface area contributed by atoms with Gasteiger partial charge in [0, 0.05) is 6.54 Å². The molecule has 1 atom stereocenters. The molecule has 1 aliphatic rings. The molecular weight excluding hydrogens is 146 g/mol. The van der Waals surface area contributed by atoms with Gasteiger partial charge in [0.05, 0.1) is 7.11 Å². The maximum Gasteiger partial charge on any atom is 0.323 e. The van der Waals surface area contributed by atoms with Crippen LogP contribution in [0.2, 0.25) is 0 Å². The molecule has 1 rings (SSSR count). The van der Waals surface area contributed by atoms with Gasteiger partial charge in [-0.15, -0.1) is 0 Å². The summed E-state index contributed by atoms with van der Waals surface area (Å²) < 4.78 is 0. The molecule has 0 aromatic rings. The standard InChI is InChI=1S/C7H13NO3/c1-11-8-5-3-2-4-6(8)7(9)10/h6H,2-5H2,1H3,(H,9,10). The number of hydroxylamine groups is 2. The highest BCUT2D eigenvalue weighted by Gasteiger charge is 2.28. The zero-order valence-corrected chi connectivity index (χ0v) is 6.62. The van der Waals surface area contributed by atoms with Gasteiger partial charge in [-0.05, 0) is 19.3 Å². The number of piperidine rings is 1. The van der Waals surface area contributed by atoms with E-state index < -0.39 is 12.0 Å². The molecule has 11 heavy (non-hydrogen) atoms. The Morgan fingerprint density at radius 1 is 1.64 bits per heavy atom. The van der Waals surface area contributed by atoms with Gasteiger partial charge in [-0.1, -0.05) is 0 Å². The molecule has 1 unspecified atom stereocenters. The van der Waals surface area contributed by atoms with Crippen molar-refractivity contribution in [2.24, 2.45) is 0 Å². The quantitative estimate of drug-likeness (QED) is 0.637. The third kappa shape index (κ3) is 1.91. The summed E-state index contributed by atoms with van der Waals surface area (Å²) in [7, 11) is 1.52. The van der Waals surface area contributed by atoms with Crippen molar-refractivity contribution in [2.45, 2.75) is 25.3 Å². The molecule has 0 aromatic carbocycles. The molecule has 0 amide bonds. The monoisotopic (exact) mass is 159 g/mol. The van der Waals surface area contributed by atoms with Crippen molar-refractivity contribution in [3.05, 3.63) is 0 Å². The zero-order chi connectivity index (χ0) is 8.27. The number of hydrogen-bond donors (Lipinski definition) is 1. The molecule has 1 N–H and O–H groups in total. The molecule has 4 heteroatoms. The van der Waals surface area contributed by atoms with Gasteiger partial charge in [-0.3, -0.25) is 4.79 Å². The van der Waals surface area contributed by atoms with E-state index in [-0.39, 0.29) is 0 Å². The Bertz CT molecular complexity index is 149. The number of nitrogens with zero attached hydrogens (tertiary/aromatic N) is 1.